The molecule has 4 nitrogen and oxygen atoms in total. The average molecular weight is 352 g/mol. The standard InChI is InChI=1S/C15H18O2.C7H6O2/c1-9(2)14-8-12(15(17)10(3)4)6-7-13(14)11(5)16;8-5-6-1-3-7(9)4-2-6/h6-8,10H,1H2,2-5H3;1-5,9H. The maximum absolute atomic E-state index is 11.9. The first-order valence-corrected chi connectivity index (χ1v) is 8.26. The first-order chi connectivity index (χ1) is 12.2. The SMILES string of the molecule is C=C(C)c1cc(C(=O)C(C)C)ccc1C(C)=O.O=Cc1ccc(O)cc1. The molecule has 0 atom stereocenters. The van der Waals surface area contributed by atoms with Gasteiger partial charge in [-0.05, 0) is 49.7 Å². The minimum absolute atomic E-state index is 0.00783. The summed E-state index contributed by atoms with van der Waals surface area (Å²) in [6.07, 6.45) is 0.736. The van der Waals surface area contributed by atoms with Gasteiger partial charge in [0.2, 0.25) is 0 Å². The van der Waals surface area contributed by atoms with Gasteiger partial charge in [-0.3, -0.25) is 14.4 Å². The molecule has 4 heteroatoms. The summed E-state index contributed by atoms with van der Waals surface area (Å²) in [7, 11) is 0. The number of hydrogen-bond donors (Lipinski definition) is 1. The zero-order chi connectivity index (χ0) is 19.9. The van der Waals surface area contributed by atoms with Crippen LogP contribution in [0.4, 0.5) is 0 Å². The zero-order valence-electron chi connectivity index (χ0n) is 15.6. The number of carbonyl (C=O) groups is 3. The molecule has 2 rings (SSSR count). The van der Waals surface area contributed by atoms with E-state index in [1.54, 1.807) is 30.3 Å². The van der Waals surface area contributed by atoms with Crippen LogP contribution in [0.2, 0.25) is 0 Å². The van der Waals surface area contributed by atoms with Gasteiger partial charge in [-0.1, -0.05) is 38.1 Å². The van der Waals surface area contributed by atoms with Crippen LogP contribution in [0.25, 0.3) is 5.57 Å². The Kier molecular flexibility index (Phi) is 7.66. The summed E-state index contributed by atoms with van der Waals surface area (Å²) in [5, 5.41) is 8.74. The lowest BCUT2D eigenvalue weighted by atomic mass is 9.93. The Bertz CT molecular complexity index is 815. The highest BCUT2D eigenvalue weighted by Crippen LogP contribution is 2.21. The van der Waals surface area contributed by atoms with Crippen LogP contribution in [-0.2, 0) is 0 Å². The van der Waals surface area contributed by atoms with Crippen molar-refractivity contribution in [1.29, 1.82) is 0 Å². The number of rotatable bonds is 5. The maximum Gasteiger partial charge on any atom is 0.165 e. The van der Waals surface area contributed by atoms with E-state index in [0.717, 1.165) is 17.4 Å². The fraction of sp³-hybridized carbons (Fsp3) is 0.227. The minimum atomic E-state index is -0.0452. The van der Waals surface area contributed by atoms with Gasteiger partial charge in [-0.2, -0.15) is 0 Å². The van der Waals surface area contributed by atoms with Crippen LogP contribution in [0.5, 0.6) is 5.75 Å². The van der Waals surface area contributed by atoms with E-state index in [-0.39, 0.29) is 23.2 Å². The monoisotopic (exact) mass is 352 g/mol. The molecule has 26 heavy (non-hydrogen) atoms. The highest BCUT2D eigenvalue weighted by atomic mass is 16.3. The van der Waals surface area contributed by atoms with Crippen LogP contribution in [0, 0.1) is 5.92 Å². The number of ketones is 2. The minimum Gasteiger partial charge on any atom is -0.508 e. The zero-order valence-corrected chi connectivity index (χ0v) is 15.6. The molecule has 0 aliphatic rings. The van der Waals surface area contributed by atoms with Crippen molar-refractivity contribution in [2.24, 2.45) is 5.92 Å². The topological polar surface area (TPSA) is 71.4 Å². The Labute approximate surface area is 154 Å². The van der Waals surface area contributed by atoms with Crippen LogP contribution >= 0.6 is 0 Å². The third kappa shape index (κ3) is 5.81. The second kappa shape index (κ2) is 9.47. The third-order valence-electron chi connectivity index (χ3n) is 3.70. The van der Waals surface area contributed by atoms with Gasteiger partial charge in [-0.25, -0.2) is 0 Å². The Morgan fingerprint density at radius 3 is 2.00 bits per heavy atom. The van der Waals surface area contributed by atoms with Gasteiger partial charge >= 0.3 is 0 Å². The van der Waals surface area contributed by atoms with Crippen molar-refractivity contribution >= 4 is 23.4 Å². The molecule has 0 unspecified atom stereocenters. The lowest BCUT2D eigenvalue weighted by Gasteiger charge is -2.10. The molecule has 0 saturated carbocycles. The molecule has 0 saturated heterocycles. The predicted molar refractivity (Wildman–Crippen MR) is 104 cm³/mol. The van der Waals surface area contributed by atoms with E-state index < -0.39 is 0 Å². The maximum atomic E-state index is 11.9. The highest BCUT2D eigenvalue weighted by molar-refractivity contribution is 6.02. The molecule has 0 radical (unpaired) electrons. The van der Waals surface area contributed by atoms with E-state index in [1.807, 2.05) is 20.8 Å². The van der Waals surface area contributed by atoms with E-state index in [2.05, 4.69) is 6.58 Å². The summed E-state index contributed by atoms with van der Waals surface area (Å²) < 4.78 is 0. The van der Waals surface area contributed by atoms with Gasteiger partial charge in [0.05, 0.1) is 0 Å². The van der Waals surface area contributed by atoms with Crippen molar-refractivity contribution in [3.8, 4) is 5.75 Å². The molecule has 2 aromatic carbocycles. The number of aldehydes is 1. The normalized spacial score (nSPS) is 9.88. The summed E-state index contributed by atoms with van der Waals surface area (Å²) in [5.74, 6) is 0.214. The van der Waals surface area contributed by atoms with Gasteiger partial charge in [-0.15, -0.1) is 0 Å². The molecule has 0 spiro atoms. The number of Topliss-reactive ketones (excluding diaryl/α,β-unsaturated/α-hetero) is 2. The molecule has 0 aromatic heterocycles. The van der Waals surface area contributed by atoms with Gasteiger partial charge in [0.25, 0.3) is 0 Å². The molecule has 2 aromatic rings. The summed E-state index contributed by atoms with van der Waals surface area (Å²) in [5.41, 5.74) is 3.41. The van der Waals surface area contributed by atoms with Crippen LogP contribution in [-0.4, -0.2) is 23.0 Å². The number of phenolic OH excluding ortho intramolecular Hbond substituents is 1. The van der Waals surface area contributed by atoms with Crippen molar-refractivity contribution in [3.05, 3.63) is 71.3 Å². The second-order valence-corrected chi connectivity index (χ2v) is 6.33. The van der Waals surface area contributed by atoms with Gasteiger partial charge in [0.15, 0.2) is 11.6 Å². The Hall–Kier alpha value is -3.01. The average Bonchev–Trinajstić information content (AvgIpc) is 2.61. The number of hydrogen-bond acceptors (Lipinski definition) is 4. The quantitative estimate of drug-likeness (QED) is 0.609. The van der Waals surface area contributed by atoms with E-state index >= 15 is 0 Å². The van der Waals surface area contributed by atoms with Crippen LogP contribution < -0.4 is 0 Å². The number of allylic oxidation sites excluding steroid dienone is 1. The van der Waals surface area contributed by atoms with Crippen molar-refractivity contribution in [2.45, 2.75) is 27.7 Å². The second-order valence-electron chi connectivity index (χ2n) is 6.33. The Morgan fingerprint density at radius 1 is 1.00 bits per heavy atom. The molecule has 0 aliphatic carbocycles. The number of aromatic hydroxyl groups is 1. The molecule has 0 amide bonds. The molecular weight excluding hydrogens is 328 g/mol. The van der Waals surface area contributed by atoms with Crippen molar-refractivity contribution in [1.82, 2.24) is 0 Å². The first kappa shape index (κ1) is 21.0. The highest BCUT2D eigenvalue weighted by Gasteiger charge is 2.14. The summed E-state index contributed by atoms with van der Waals surface area (Å²) in [6.45, 7) is 10.9. The van der Waals surface area contributed by atoms with Gasteiger partial charge in [0, 0.05) is 22.6 Å². The van der Waals surface area contributed by atoms with Crippen molar-refractivity contribution in [2.75, 3.05) is 0 Å². The number of carbonyl (C=O) groups excluding carboxylic acids is 3. The summed E-state index contributed by atoms with van der Waals surface area (Å²) >= 11 is 0. The Balaban J connectivity index is 0.000000314. The fourth-order valence-electron chi connectivity index (χ4n) is 2.24. The molecule has 1 N–H and O–H groups in total. The molecule has 136 valence electrons. The van der Waals surface area contributed by atoms with E-state index in [9.17, 15) is 14.4 Å². The predicted octanol–water partition coefficient (Wildman–Crippen LogP) is 4.97. The van der Waals surface area contributed by atoms with Crippen LogP contribution in [0.1, 0.15) is 64.3 Å². The molecule has 0 heterocycles. The fourth-order valence-corrected chi connectivity index (χ4v) is 2.24. The van der Waals surface area contributed by atoms with Crippen LogP contribution in [0.15, 0.2) is 49.0 Å². The van der Waals surface area contributed by atoms with E-state index in [4.69, 9.17) is 5.11 Å². The largest absolute Gasteiger partial charge is 0.508 e. The number of phenols is 1. The van der Waals surface area contributed by atoms with E-state index in [0.29, 0.717) is 16.7 Å². The van der Waals surface area contributed by atoms with Crippen LogP contribution in [0.3, 0.4) is 0 Å². The summed E-state index contributed by atoms with van der Waals surface area (Å²) in [4.78, 5) is 33.4. The van der Waals surface area contributed by atoms with Gasteiger partial charge in [0.1, 0.15) is 12.0 Å². The summed E-state index contributed by atoms with van der Waals surface area (Å²) in [6, 6.07) is 11.3. The molecule has 0 bridgehead atoms. The van der Waals surface area contributed by atoms with E-state index in [1.165, 1.54) is 19.1 Å². The molecule has 0 fully saturated rings. The third-order valence-corrected chi connectivity index (χ3v) is 3.70. The first-order valence-electron chi connectivity index (χ1n) is 8.26. The van der Waals surface area contributed by atoms with Crippen molar-refractivity contribution < 1.29 is 19.5 Å². The molecular formula is C22H24O4. The van der Waals surface area contributed by atoms with Crippen molar-refractivity contribution in [3.63, 3.8) is 0 Å². The lowest BCUT2D eigenvalue weighted by molar-refractivity contribution is 0.0937. The van der Waals surface area contributed by atoms with Gasteiger partial charge < -0.3 is 5.11 Å². The lowest BCUT2D eigenvalue weighted by Crippen LogP contribution is -2.09. The Morgan fingerprint density at radius 2 is 1.58 bits per heavy atom. The molecule has 0 aliphatic heterocycles. The number of benzene rings is 2. The smallest absolute Gasteiger partial charge is 0.165 e.